The van der Waals surface area contributed by atoms with E-state index < -0.39 is 0 Å². The Hall–Kier alpha value is -2.67. The van der Waals surface area contributed by atoms with Gasteiger partial charge in [-0.25, -0.2) is 4.98 Å². The van der Waals surface area contributed by atoms with Gasteiger partial charge in [0.25, 0.3) is 5.56 Å². The highest BCUT2D eigenvalue weighted by atomic mass is 32.2. The maximum atomic E-state index is 12.7. The van der Waals surface area contributed by atoms with Crippen LogP contribution in [0.4, 0.5) is 5.69 Å². The van der Waals surface area contributed by atoms with Gasteiger partial charge >= 0.3 is 0 Å². The highest BCUT2D eigenvalue weighted by molar-refractivity contribution is 7.99. The molecule has 0 radical (unpaired) electrons. The number of amides is 1. The molecule has 7 heteroatoms. The number of fused-ring (bicyclic) bond motifs is 1. The van der Waals surface area contributed by atoms with Crippen molar-refractivity contribution in [3.05, 3.63) is 59.1 Å². The summed E-state index contributed by atoms with van der Waals surface area (Å²) < 4.78 is 1.63. The average molecular weight is 354 g/mol. The van der Waals surface area contributed by atoms with Crippen LogP contribution in [0.5, 0.6) is 0 Å². The average Bonchev–Trinajstić information content (AvgIpc) is 2.60. The zero-order valence-electron chi connectivity index (χ0n) is 14.0. The molecule has 2 aromatic heterocycles. The maximum absolute atomic E-state index is 12.7. The third kappa shape index (κ3) is 3.88. The Bertz CT molecular complexity index is 954. The molecule has 0 spiro atoms. The van der Waals surface area contributed by atoms with Gasteiger partial charge in [0, 0.05) is 12.2 Å². The zero-order chi connectivity index (χ0) is 17.8. The van der Waals surface area contributed by atoms with Crippen molar-refractivity contribution in [3.63, 3.8) is 0 Å². The Kier molecular flexibility index (Phi) is 5.14. The summed E-state index contributed by atoms with van der Waals surface area (Å²) in [6, 6.07) is 10.7. The van der Waals surface area contributed by atoms with Crippen LogP contribution >= 0.6 is 11.8 Å². The first-order chi connectivity index (χ1) is 12.1. The van der Waals surface area contributed by atoms with Gasteiger partial charge in [0.15, 0.2) is 5.16 Å². The SMILES string of the molecule is CC(C)n1c(SCC(=O)Nc2cccnc2)nc2ccccc2c1=O. The normalized spacial score (nSPS) is 11.0. The van der Waals surface area contributed by atoms with Crippen LogP contribution < -0.4 is 10.9 Å². The summed E-state index contributed by atoms with van der Waals surface area (Å²) in [5, 5.41) is 3.90. The smallest absolute Gasteiger partial charge is 0.262 e. The Morgan fingerprint density at radius 2 is 2.04 bits per heavy atom. The van der Waals surface area contributed by atoms with Crippen LogP contribution in [-0.4, -0.2) is 26.2 Å². The lowest BCUT2D eigenvalue weighted by atomic mass is 10.2. The predicted molar refractivity (Wildman–Crippen MR) is 100.0 cm³/mol. The summed E-state index contributed by atoms with van der Waals surface area (Å²) >= 11 is 1.25. The third-order valence-electron chi connectivity index (χ3n) is 3.57. The number of hydrogen-bond donors (Lipinski definition) is 1. The number of nitrogens with zero attached hydrogens (tertiary/aromatic N) is 3. The van der Waals surface area contributed by atoms with Crippen molar-refractivity contribution in [1.82, 2.24) is 14.5 Å². The van der Waals surface area contributed by atoms with Crippen molar-refractivity contribution in [1.29, 1.82) is 0 Å². The van der Waals surface area contributed by atoms with E-state index in [4.69, 9.17) is 0 Å². The zero-order valence-corrected chi connectivity index (χ0v) is 14.8. The molecule has 1 aromatic carbocycles. The van der Waals surface area contributed by atoms with Gasteiger partial charge in [-0.05, 0) is 38.1 Å². The molecule has 0 saturated heterocycles. The minimum absolute atomic E-state index is 0.0477. The van der Waals surface area contributed by atoms with E-state index >= 15 is 0 Å². The molecule has 6 nitrogen and oxygen atoms in total. The number of rotatable bonds is 5. The molecular formula is C18H18N4O2S. The van der Waals surface area contributed by atoms with Crippen molar-refractivity contribution in [3.8, 4) is 0 Å². The second-order valence-electron chi connectivity index (χ2n) is 5.76. The van der Waals surface area contributed by atoms with Crippen molar-refractivity contribution < 1.29 is 4.79 Å². The highest BCUT2D eigenvalue weighted by Gasteiger charge is 2.15. The van der Waals surface area contributed by atoms with Gasteiger partial charge in [-0.15, -0.1) is 0 Å². The molecule has 0 aliphatic rings. The molecular weight excluding hydrogens is 336 g/mol. The van der Waals surface area contributed by atoms with Crippen LogP contribution in [0.15, 0.2) is 58.7 Å². The Labute approximate surface area is 149 Å². The highest BCUT2D eigenvalue weighted by Crippen LogP contribution is 2.21. The summed E-state index contributed by atoms with van der Waals surface area (Å²) in [7, 11) is 0. The number of carbonyl (C=O) groups is 1. The van der Waals surface area contributed by atoms with Gasteiger partial charge in [0.1, 0.15) is 0 Å². The number of anilines is 1. The first-order valence-corrected chi connectivity index (χ1v) is 8.89. The number of thioether (sulfide) groups is 1. The van der Waals surface area contributed by atoms with Crippen molar-refractivity contribution in [2.75, 3.05) is 11.1 Å². The standard InChI is InChI=1S/C18H18N4O2S/c1-12(2)22-17(24)14-7-3-4-8-15(14)21-18(22)25-11-16(23)20-13-6-5-9-19-10-13/h3-10,12H,11H2,1-2H3,(H,20,23). The van der Waals surface area contributed by atoms with Crippen molar-refractivity contribution in [2.45, 2.75) is 25.0 Å². The van der Waals surface area contributed by atoms with Gasteiger partial charge in [-0.1, -0.05) is 23.9 Å². The van der Waals surface area contributed by atoms with Crippen LogP contribution in [0, 0.1) is 0 Å². The molecule has 1 N–H and O–H groups in total. The van der Waals surface area contributed by atoms with E-state index in [0.717, 1.165) is 0 Å². The van der Waals surface area contributed by atoms with Gasteiger partial charge in [0.2, 0.25) is 5.91 Å². The lowest BCUT2D eigenvalue weighted by Gasteiger charge is -2.16. The second kappa shape index (κ2) is 7.48. The number of aromatic nitrogens is 3. The van der Waals surface area contributed by atoms with Gasteiger partial charge in [-0.2, -0.15) is 0 Å². The first kappa shape index (κ1) is 17.2. The molecule has 0 atom stereocenters. The van der Waals surface area contributed by atoms with Crippen LogP contribution in [0.1, 0.15) is 19.9 Å². The molecule has 25 heavy (non-hydrogen) atoms. The van der Waals surface area contributed by atoms with E-state index in [1.54, 1.807) is 41.2 Å². The summed E-state index contributed by atoms with van der Waals surface area (Å²) in [4.78, 5) is 33.4. The maximum Gasteiger partial charge on any atom is 0.262 e. The number of benzene rings is 1. The van der Waals surface area contributed by atoms with E-state index in [9.17, 15) is 9.59 Å². The monoisotopic (exact) mass is 354 g/mol. The molecule has 0 unspecified atom stereocenters. The molecule has 3 aromatic rings. The fourth-order valence-corrected chi connectivity index (χ4v) is 3.37. The molecule has 2 heterocycles. The lowest BCUT2D eigenvalue weighted by Crippen LogP contribution is -2.25. The Balaban J connectivity index is 1.84. The molecule has 0 aliphatic carbocycles. The molecule has 0 aliphatic heterocycles. The fourth-order valence-electron chi connectivity index (χ4n) is 2.45. The summed E-state index contributed by atoms with van der Waals surface area (Å²) in [6.07, 6.45) is 3.23. The number of nitrogens with one attached hydrogen (secondary N) is 1. The van der Waals surface area contributed by atoms with E-state index in [0.29, 0.717) is 21.7 Å². The fraction of sp³-hybridized carbons (Fsp3) is 0.222. The first-order valence-electron chi connectivity index (χ1n) is 7.90. The summed E-state index contributed by atoms with van der Waals surface area (Å²) in [5.41, 5.74) is 1.19. The largest absolute Gasteiger partial charge is 0.324 e. The van der Waals surface area contributed by atoms with E-state index in [1.165, 1.54) is 11.8 Å². The molecule has 0 bridgehead atoms. The van der Waals surface area contributed by atoms with E-state index in [1.807, 2.05) is 26.0 Å². The van der Waals surface area contributed by atoms with E-state index in [-0.39, 0.29) is 23.3 Å². The number of carbonyl (C=O) groups excluding carboxylic acids is 1. The summed E-state index contributed by atoms with van der Waals surface area (Å²) in [5.74, 6) is -0.0115. The van der Waals surface area contributed by atoms with Crippen molar-refractivity contribution in [2.24, 2.45) is 0 Å². The second-order valence-corrected chi connectivity index (χ2v) is 6.70. The third-order valence-corrected chi connectivity index (χ3v) is 4.52. The van der Waals surface area contributed by atoms with Gasteiger partial charge in [-0.3, -0.25) is 19.1 Å². The topological polar surface area (TPSA) is 76.9 Å². The molecule has 1 amide bonds. The minimum atomic E-state index is -0.171. The molecule has 3 rings (SSSR count). The number of para-hydroxylation sites is 1. The molecule has 0 saturated carbocycles. The van der Waals surface area contributed by atoms with Crippen LogP contribution in [0.25, 0.3) is 10.9 Å². The van der Waals surface area contributed by atoms with Crippen LogP contribution in [0.3, 0.4) is 0 Å². The quantitative estimate of drug-likeness (QED) is 0.563. The lowest BCUT2D eigenvalue weighted by molar-refractivity contribution is -0.113. The predicted octanol–water partition coefficient (Wildman–Crippen LogP) is 3.10. The van der Waals surface area contributed by atoms with Gasteiger partial charge < -0.3 is 5.32 Å². The molecule has 128 valence electrons. The van der Waals surface area contributed by atoms with Gasteiger partial charge in [0.05, 0.1) is 28.5 Å². The van der Waals surface area contributed by atoms with Crippen LogP contribution in [-0.2, 0) is 4.79 Å². The Morgan fingerprint density at radius 3 is 2.76 bits per heavy atom. The number of pyridine rings is 1. The van der Waals surface area contributed by atoms with E-state index in [2.05, 4.69) is 15.3 Å². The van der Waals surface area contributed by atoms with Crippen molar-refractivity contribution >= 4 is 34.3 Å². The minimum Gasteiger partial charge on any atom is -0.324 e. The summed E-state index contributed by atoms with van der Waals surface area (Å²) in [6.45, 7) is 3.86. The number of hydrogen-bond acceptors (Lipinski definition) is 5. The van der Waals surface area contributed by atoms with Crippen LogP contribution in [0.2, 0.25) is 0 Å². The Morgan fingerprint density at radius 1 is 1.24 bits per heavy atom. The molecule has 0 fully saturated rings.